The van der Waals surface area contributed by atoms with E-state index in [0.29, 0.717) is 19.0 Å². The maximum absolute atomic E-state index is 13.8. The summed E-state index contributed by atoms with van der Waals surface area (Å²) in [5.74, 6) is 2.74. The summed E-state index contributed by atoms with van der Waals surface area (Å²) in [6.45, 7) is 5.83. The number of hydrogen-bond donors (Lipinski definition) is 1. The fraction of sp³-hybridized carbons (Fsp3) is 0.720. The fourth-order valence-corrected chi connectivity index (χ4v) is 7.40. The van der Waals surface area contributed by atoms with Crippen LogP contribution >= 0.6 is 11.6 Å². The van der Waals surface area contributed by atoms with Crippen LogP contribution in [0.2, 0.25) is 5.02 Å². The van der Waals surface area contributed by atoms with Gasteiger partial charge in [0.1, 0.15) is 0 Å². The molecule has 170 valence electrons. The maximum Gasteiger partial charge on any atom is 0.237 e. The summed E-state index contributed by atoms with van der Waals surface area (Å²) < 4.78 is 0. The van der Waals surface area contributed by atoms with E-state index in [1.54, 1.807) is 0 Å². The zero-order valence-electron chi connectivity index (χ0n) is 18.5. The number of β-amino-alcohol motifs (C(OH)–C–C–N with tert-alkyl or cyclic N) is 1. The quantitative estimate of drug-likeness (QED) is 0.699. The Bertz CT molecular complexity index is 740. The molecule has 0 radical (unpaired) electrons. The van der Waals surface area contributed by atoms with E-state index < -0.39 is 0 Å². The van der Waals surface area contributed by atoms with Gasteiger partial charge in [0.2, 0.25) is 5.91 Å². The van der Waals surface area contributed by atoms with Crippen LogP contribution in [0.5, 0.6) is 0 Å². The second kappa shape index (κ2) is 9.01. The third kappa shape index (κ3) is 4.66. The molecule has 6 heteroatoms. The molecule has 1 N–H and O–H groups in total. The molecule has 4 saturated carbocycles. The molecule has 0 aromatic heterocycles. The van der Waals surface area contributed by atoms with Gasteiger partial charge in [0.25, 0.3) is 0 Å². The number of benzene rings is 1. The highest BCUT2D eigenvalue weighted by atomic mass is 35.5. The number of aliphatic hydroxyl groups is 1. The van der Waals surface area contributed by atoms with Gasteiger partial charge in [0.05, 0.1) is 13.2 Å². The van der Waals surface area contributed by atoms with Gasteiger partial charge in [-0.15, -0.1) is 0 Å². The summed E-state index contributed by atoms with van der Waals surface area (Å²) in [6.07, 6.45) is 7.74. The van der Waals surface area contributed by atoms with Crippen molar-refractivity contribution in [2.45, 2.75) is 50.6 Å². The molecule has 0 spiro atoms. The molecular weight excluding hydrogens is 410 g/mol. The topological polar surface area (TPSA) is 47.0 Å². The Morgan fingerprint density at radius 3 is 2.06 bits per heavy atom. The van der Waals surface area contributed by atoms with E-state index >= 15 is 0 Å². The zero-order valence-corrected chi connectivity index (χ0v) is 19.3. The summed E-state index contributed by atoms with van der Waals surface area (Å²) in [6, 6.07) is 8.05. The van der Waals surface area contributed by atoms with Crippen molar-refractivity contribution in [1.82, 2.24) is 14.7 Å². The number of halogens is 1. The molecule has 1 aliphatic heterocycles. The standard InChI is InChI=1S/C25H36ClN3O2/c26-23-3-1-19(2-4-23)17-29(24(31)18-28-7-5-27(6-8-28)9-10-30)25-14-20-11-21(15-25)13-22(12-20)16-25/h1-4,20-22,30H,5-18H2. The Morgan fingerprint density at radius 2 is 1.52 bits per heavy atom. The first kappa shape index (κ1) is 21.7. The van der Waals surface area contributed by atoms with Crippen molar-refractivity contribution in [3.05, 3.63) is 34.9 Å². The molecule has 0 unspecified atom stereocenters. The lowest BCUT2D eigenvalue weighted by molar-refractivity contribution is -0.154. The van der Waals surface area contributed by atoms with Crippen LogP contribution in [0, 0.1) is 17.8 Å². The highest BCUT2D eigenvalue weighted by Gasteiger charge is 2.54. The molecule has 31 heavy (non-hydrogen) atoms. The van der Waals surface area contributed by atoms with Crippen molar-refractivity contribution in [3.8, 4) is 0 Å². The average molecular weight is 446 g/mol. The number of aliphatic hydroxyl groups excluding tert-OH is 1. The van der Waals surface area contributed by atoms with Crippen molar-refractivity contribution < 1.29 is 9.90 Å². The van der Waals surface area contributed by atoms with Crippen molar-refractivity contribution in [2.75, 3.05) is 45.9 Å². The number of piperazine rings is 1. The van der Waals surface area contributed by atoms with Crippen LogP contribution < -0.4 is 0 Å². The summed E-state index contributed by atoms with van der Waals surface area (Å²) in [4.78, 5) is 20.7. The van der Waals surface area contributed by atoms with Crippen molar-refractivity contribution in [2.24, 2.45) is 17.8 Å². The van der Waals surface area contributed by atoms with E-state index in [1.807, 2.05) is 12.1 Å². The SMILES string of the molecule is O=C(CN1CCN(CCO)CC1)N(Cc1ccc(Cl)cc1)C12CC3CC(CC(C3)C1)C2. The minimum absolute atomic E-state index is 0.0597. The Kier molecular flexibility index (Phi) is 6.31. The minimum Gasteiger partial charge on any atom is -0.395 e. The summed E-state index contributed by atoms with van der Waals surface area (Å²) in [5, 5.41) is 9.93. The molecule has 5 nitrogen and oxygen atoms in total. The van der Waals surface area contributed by atoms with Gasteiger partial charge in [-0.2, -0.15) is 0 Å². The van der Waals surface area contributed by atoms with E-state index in [0.717, 1.165) is 55.5 Å². The number of amides is 1. The van der Waals surface area contributed by atoms with Gasteiger partial charge in [-0.3, -0.25) is 14.6 Å². The first-order valence-corrected chi connectivity index (χ1v) is 12.5. The smallest absolute Gasteiger partial charge is 0.237 e. The summed E-state index contributed by atoms with van der Waals surface area (Å²) in [7, 11) is 0. The summed E-state index contributed by atoms with van der Waals surface area (Å²) >= 11 is 6.12. The van der Waals surface area contributed by atoms with Crippen LogP contribution in [-0.2, 0) is 11.3 Å². The Labute approximate surface area is 191 Å². The second-order valence-corrected chi connectivity index (χ2v) is 11.0. The van der Waals surface area contributed by atoms with Crippen molar-refractivity contribution in [1.29, 1.82) is 0 Å². The lowest BCUT2D eigenvalue weighted by atomic mass is 9.52. The van der Waals surface area contributed by atoms with Gasteiger partial charge in [-0.05, 0) is 74.0 Å². The second-order valence-electron chi connectivity index (χ2n) is 10.6. The first-order chi connectivity index (χ1) is 15.0. The molecule has 4 bridgehead atoms. The molecule has 5 aliphatic rings. The number of carbonyl (C=O) groups is 1. The molecule has 1 aromatic carbocycles. The molecule has 4 aliphatic carbocycles. The van der Waals surface area contributed by atoms with E-state index in [-0.39, 0.29) is 12.1 Å². The third-order valence-electron chi connectivity index (χ3n) is 8.37. The predicted molar refractivity (Wildman–Crippen MR) is 123 cm³/mol. The maximum atomic E-state index is 13.8. The molecule has 1 aromatic rings. The monoisotopic (exact) mass is 445 g/mol. The number of hydrogen-bond acceptors (Lipinski definition) is 4. The van der Waals surface area contributed by atoms with Gasteiger partial charge in [0.15, 0.2) is 0 Å². The van der Waals surface area contributed by atoms with Gasteiger partial charge in [-0.1, -0.05) is 23.7 Å². The Morgan fingerprint density at radius 1 is 0.968 bits per heavy atom. The largest absolute Gasteiger partial charge is 0.395 e. The van der Waals surface area contributed by atoms with E-state index in [9.17, 15) is 9.90 Å². The highest BCUT2D eigenvalue weighted by Crippen LogP contribution is 2.58. The lowest BCUT2D eigenvalue weighted by Crippen LogP contribution is -2.62. The van der Waals surface area contributed by atoms with E-state index in [4.69, 9.17) is 11.6 Å². The van der Waals surface area contributed by atoms with Gasteiger partial charge in [-0.25, -0.2) is 0 Å². The van der Waals surface area contributed by atoms with E-state index in [1.165, 1.54) is 44.1 Å². The van der Waals surface area contributed by atoms with Crippen LogP contribution in [0.4, 0.5) is 0 Å². The zero-order chi connectivity index (χ0) is 21.4. The van der Waals surface area contributed by atoms with E-state index in [2.05, 4.69) is 26.8 Å². The Hall–Kier alpha value is -1.14. The Balaban J connectivity index is 1.33. The van der Waals surface area contributed by atoms with Crippen LogP contribution in [0.15, 0.2) is 24.3 Å². The van der Waals surface area contributed by atoms with Crippen LogP contribution in [0.1, 0.15) is 44.1 Å². The van der Waals surface area contributed by atoms with Crippen LogP contribution in [0.3, 0.4) is 0 Å². The van der Waals surface area contributed by atoms with Crippen molar-refractivity contribution >= 4 is 17.5 Å². The first-order valence-electron chi connectivity index (χ1n) is 12.1. The molecule has 1 saturated heterocycles. The fourth-order valence-electron chi connectivity index (χ4n) is 7.28. The number of rotatable bonds is 7. The highest BCUT2D eigenvalue weighted by molar-refractivity contribution is 6.30. The molecule has 5 fully saturated rings. The average Bonchev–Trinajstić information content (AvgIpc) is 2.74. The molecular formula is C25H36ClN3O2. The van der Waals surface area contributed by atoms with Crippen molar-refractivity contribution in [3.63, 3.8) is 0 Å². The molecule has 1 heterocycles. The predicted octanol–water partition coefficient (Wildman–Crippen LogP) is 3.25. The number of nitrogens with zero attached hydrogens (tertiary/aromatic N) is 3. The minimum atomic E-state index is 0.0597. The van der Waals surface area contributed by atoms with Crippen LogP contribution in [0.25, 0.3) is 0 Å². The van der Waals surface area contributed by atoms with Gasteiger partial charge in [0, 0.05) is 49.8 Å². The molecule has 1 amide bonds. The summed E-state index contributed by atoms with van der Waals surface area (Å²) in [5.41, 5.74) is 1.24. The third-order valence-corrected chi connectivity index (χ3v) is 8.63. The molecule has 6 rings (SSSR count). The van der Waals surface area contributed by atoms with Crippen LogP contribution in [-0.4, -0.2) is 77.1 Å². The van der Waals surface area contributed by atoms with Gasteiger partial charge >= 0.3 is 0 Å². The normalized spacial score (nSPS) is 33.0. The lowest BCUT2D eigenvalue weighted by Gasteiger charge is -2.60. The number of carbonyl (C=O) groups excluding carboxylic acids is 1. The molecule has 0 atom stereocenters. The van der Waals surface area contributed by atoms with Gasteiger partial charge < -0.3 is 10.0 Å².